The number of rotatable bonds is 27. The summed E-state index contributed by atoms with van der Waals surface area (Å²) in [5, 5.41) is 36.7. The zero-order chi connectivity index (χ0) is 86.1. The van der Waals surface area contributed by atoms with Crippen molar-refractivity contribution in [3.8, 4) is 29.4 Å². The summed E-state index contributed by atoms with van der Waals surface area (Å²) < 4.78 is 47.7. The Morgan fingerprint density at radius 2 is 1.10 bits per heavy atom. The summed E-state index contributed by atoms with van der Waals surface area (Å²) in [6.07, 6.45) is 3.98. The number of hydrogen-bond acceptors (Lipinski definition) is 21. The van der Waals surface area contributed by atoms with Crippen molar-refractivity contribution in [1.29, 1.82) is 10.5 Å². The van der Waals surface area contributed by atoms with E-state index in [9.17, 15) is 44.1 Å². The molecule has 3 unspecified atom stereocenters. The first-order chi connectivity index (χ1) is 57.7. The number of carbonyl (C=O) groups is 8. The second-order valence-corrected chi connectivity index (χ2v) is 36.5. The number of nitriles is 2. The number of morpholine rings is 1. The van der Waals surface area contributed by atoms with Gasteiger partial charge in [-0.3, -0.25) is 58.8 Å². The molecule has 6 heterocycles. The lowest BCUT2D eigenvalue weighted by Gasteiger charge is -2.65. The van der Waals surface area contributed by atoms with Gasteiger partial charge in [-0.25, -0.2) is 9.37 Å². The number of halogens is 1. The van der Waals surface area contributed by atoms with Gasteiger partial charge in [0.15, 0.2) is 0 Å². The molecule has 1 aromatic heterocycles. The van der Waals surface area contributed by atoms with Crippen molar-refractivity contribution in [2.45, 2.75) is 182 Å². The van der Waals surface area contributed by atoms with Crippen LogP contribution in [0.3, 0.4) is 0 Å². The van der Waals surface area contributed by atoms with Crippen molar-refractivity contribution in [3.05, 3.63) is 171 Å². The molecule has 8 amide bonds. The molecule has 8 fully saturated rings. The second-order valence-electron chi connectivity index (χ2n) is 36.5. The first-order valence-corrected chi connectivity index (χ1v) is 42.4. The van der Waals surface area contributed by atoms with E-state index in [1.54, 1.807) is 19.2 Å². The normalized spacial score (nSPS) is 26.1. The van der Waals surface area contributed by atoms with Crippen LogP contribution in [0.25, 0.3) is 0 Å². The van der Waals surface area contributed by atoms with Gasteiger partial charge in [0.1, 0.15) is 59.3 Å². The molecule has 8 atom stereocenters. The molecule has 14 rings (SSSR count). The van der Waals surface area contributed by atoms with Gasteiger partial charge in [-0.05, 0) is 185 Å². The summed E-state index contributed by atoms with van der Waals surface area (Å²) in [6.45, 7) is 31.4. The summed E-state index contributed by atoms with van der Waals surface area (Å²) in [5.41, 5.74) is 5.52. The Kier molecular flexibility index (Phi) is 25.4. The van der Waals surface area contributed by atoms with Crippen molar-refractivity contribution in [3.63, 3.8) is 0 Å². The number of hydrogen-bond donors (Lipinski definition) is 6. The quantitative estimate of drug-likeness (QED) is 0.0261. The first-order valence-electron chi connectivity index (χ1n) is 42.4. The fourth-order valence-corrected chi connectivity index (χ4v) is 20.8. The minimum absolute atomic E-state index is 0.0624. The van der Waals surface area contributed by atoms with Gasteiger partial charge < -0.3 is 59.7 Å². The molecule has 5 aromatic carbocycles. The molecular formula is C93H113FN14O13. The topological polar surface area (TPSA) is 332 Å². The molecule has 0 radical (unpaired) electrons. The number of aryl methyl sites for hydroxylation is 4. The number of nitrogens with one attached hydrogen (secondary N) is 6. The number of nitrogens with zero attached hydrogens (tertiary/aromatic N) is 8. The van der Waals surface area contributed by atoms with Crippen LogP contribution >= 0.6 is 0 Å². The minimum Gasteiger partial charge on any atom is -0.490 e. The molecule has 28 heteroatoms. The van der Waals surface area contributed by atoms with E-state index < -0.39 is 75.2 Å². The Hall–Kier alpha value is -11.0. The van der Waals surface area contributed by atoms with Crippen LogP contribution in [0.1, 0.15) is 175 Å². The zero-order valence-electron chi connectivity index (χ0n) is 71.4. The number of imide groups is 2. The Bertz CT molecular complexity index is 4950. The summed E-state index contributed by atoms with van der Waals surface area (Å²) >= 11 is 0. The number of aromatic nitrogens is 1. The van der Waals surface area contributed by atoms with Crippen molar-refractivity contribution in [1.82, 2.24) is 46.7 Å². The Morgan fingerprint density at radius 3 is 1.63 bits per heavy atom. The Morgan fingerprint density at radius 1 is 0.579 bits per heavy atom. The SMILES string of the molecule is COCCN(C[C@@H]1CN(c2ccc(C(=O)N[C@H]3C(C)(C)[C@H](Oc4cc(C)c(C#N)c(C)c4)C3(C)CC3CN(c4ccc(C(=O)N[C@H]5C(C)(C)[C@H](Oc6cc(C)c(C#N)c(C)c6)C5(C)C)cc4)CCC3CN3CCN(c4ccc(C(=O)N[C@H]5CCC(=O)NC5=O)cn4)CC3)cc2)CCO1)[C@H]1C[C@@H](Oc2ccc(C(=O)N[C@H]3CCC(=O)NC3=O)c(F)c2)C1. The number of piperazine rings is 1. The first kappa shape index (κ1) is 86.3. The summed E-state index contributed by atoms with van der Waals surface area (Å²) in [7, 11) is 1.67. The summed E-state index contributed by atoms with van der Waals surface area (Å²) in [4.78, 5) is 121. The maximum atomic E-state index is 15.4. The fourth-order valence-electron chi connectivity index (χ4n) is 20.8. The fraction of sp³-hybridized carbons (Fsp3) is 0.516. The highest BCUT2D eigenvalue weighted by Crippen LogP contribution is 2.60. The number of benzene rings is 5. The molecule has 5 aliphatic heterocycles. The number of carbonyl (C=O) groups excluding carboxylic acids is 8. The molecular weight excluding hydrogens is 1540 g/mol. The van der Waals surface area contributed by atoms with Gasteiger partial charge in [0.25, 0.3) is 23.6 Å². The number of anilines is 3. The van der Waals surface area contributed by atoms with Crippen molar-refractivity contribution in [2.24, 2.45) is 33.5 Å². The van der Waals surface area contributed by atoms with E-state index in [0.29, 0.717) is 118 Å². The highest BCUT2D eigenvalue weighted by molar-refractivity contribution is 6.05. The Labute approximate surface area is 707 Å². The van der Waals surface area contributed by atoms with E-state index in [1.807, 2.05) is 94.4 Å². The van der Waals surface area contributed by atoms with Crippen LogP contribution in [0.15, 0.2) is 109 Å². The molecule has 0 spiro atoms. The van der Waals surface area contributed by atoms with E-state index >= 15 is 9.18 Å². The summed E-state index contributed by atoms with van der Waals surface area (Å²) in [6, 6.07) is 33.5. The highest BCUT2D eigenvalue weighted by Gasteiger charge is 2.68. The molecule has 0 bridgehead atoms. The predicted molar refractivity (Wildman–Crippen MR) is 453 cm³/mol. The summed E-state index contributed by atoms with van der Waals surface area (Å²) in [5.74, 6) is -1.67. The number of amides is 8. The van der Waals surface area contributed by atoms with E-state index in [4.69, 9.17) is 28.7 Å². The lowest BCUT2D eigenvalue weighted by molar-refractivity contribution is -0.185. The van der Waals surface area contributed by atoms with Crippen LogP contribution in [-0.4, -0.2) is 209 Å². The molecule has 27 nitrogen and oxygen atoms in total. The average Bonchev–Trinajstić information content (AvgIpc) is 0.698. The Balaban J connectivity index is 0.662. The van der Waals surface area contributed by atoms with Gasteiger partial charge in [0, 0.05) is 179 Å². The number of pyridine rings is 1. The van der Waals surface area contributed by atoms with Crippen LogP contribution < -0.4 is 60.8 Å². The zero-order valence-corrected chi connectivity index (χ0v) is 71.4. The van der Waals surface area contributed by atoms with E-state index in [1.165, 1.54) is 18.3 Å². The average molecular weight is 1650 g/mol. The van der Waals surface area contributed by atoms with Gasteiger partial charge in [-0.1, -0.05) is 48.5 Å². The largest absolute Gasteiger partial charge is 0.490 e. The standard InChI is InChI=1S/C93H113FN14O13/c1-54-39-67(40-55(2)72(54)47-95)120-88-90(5,6)86(91(88,7)8)102-80(111)58-13-18-63(19-14-58)106-30-29-61(50-104-31-33-105(34-32-104)77-26-17-60(49-97-77)82(113)98-75-24-27-78(109)100-84(75)115)62(51-106)46-93(11)87(92(9,10)89(93)121-68-41-56(3)73(48-96)57(4)42-68)103-81(112)59-15-20-64(21-16-59)107-36-38-118-70(52-107)53-108(35-37-117-12)65-43-69(44-65)119-66-22-23-71(74(94)45-66)83(114)99-76-25-28-79(110)101-85(76)116/h13-23,26,39-42,45,49,61-62,65,69-70,75-76,86-89H,24-25,27-38,43-44,46,50-53H2,1-12H3,(H,98,113)(H,99,114)(H,102,111)(H,103,112)(H,100,109,115)(H,101,110,116)/t61?,62?,65-,69+,70-,75-,76-,86-,87-,88-,89-,93?/m0/s1. The number of ether oxygens (including phenoxy) is 5. The van der Waals surface area contributed by atoms with Crippen LogP contribution in [0, 0.1) is 89.7 Å². The van der Waals surface area contributed by atoms with Crippen LogP contribution in [-0.2, 0) is 28.7 Å². The molecule has 6 N–H and O–H groups in total. The third kappa shape index (κ3) is 18.4. The van der Waals surface area contributed by atoms with Crippen molar-refractivity contribution in [2.75, 3.05) is 107 Å². The third-order valence-corrected chi connectivity index (χ3v) is 26.9. The molecule has 3 saturated carbocycles. The monoisotopic (exact) mass is 1650 g/mol. The van der Waals surface area contributed by atoms with E-state index in [-0.39, 0.29) is 103 Å². The maximum absolute atomic E-state index is 15.4. The van der Waals surface area contributed by atoms with Gasteiger partial charge >= 0.3 is 0 Å². The number of methoxy groups -OCH3 is 1. The molecule has 121 heavy (non-hydrogen) atoms. The van der Waals surface area contributed by atoms with Gasteiger partial charge in [0.2, 0.25) is 23.6 Å². The van der Waals surface area contributed by atoms with Crippen LogP contribution in [0.4, 0.5) is 21.6 Å². The van der Waals surface area contributed by atoms with Gasteiger partial charge in [0.05, 0.1) is 53.7 Å². The third-order valence-electron chi connectivity index (χ3n) is 26.9. The maximum Gasteiger partial charge on any atom is 0.254 e. The molecule has 3 aliphatic carbocycles. The van der Waals surface area contributed by atoms with E-state index in [2.05, 4.69) is 129 Å². The lowest BCUT2D eigenvalue weighted by Crippen LogP contribution is -2.76. The minimum atomic E-state index is -0.941. The molecule has 5 saturated heterocycles. The van der Waals surface area contributed by atoms with Crippen molar-refractivity contribution >= 4 is 64.5 Å². The van der Waals surface area contributed by atoms with Crippen molar-refractivity contribution < 1.29 is 66.4 Å². The molecule has 6 aromatic rings. The van der Waals surface area contributed by atoms with Crippen LogP contribution in [0.5, 0.6) is 17.2 Å². The van der Waals surface area contributed by atoms with Gasteiger partial charge in [-0.2, -0.15) is 10.5 Å². The van der Waals surface area contributed by atoms with Crippen LogP contribution in [0.2, 0.25) is 0 Å². The molecule has 640 valence electrons. The smallest absolute Gasteiger partial charge is 0.254 e. The second kappa shape index (κ2) is 35.6. The van der Waals surface area contributed by atoms with Gasteiger partial charge in [-0.15, -0.1) is 0 Å². The molecule has 8 aliphatic rings. The highest BCUT2D eigenvalue weighted by atomic mass is 19.1. The lowest BCUT2D eigenvalue weighted by atomic mass is 9.46. The van der Waals surface area contributed by atoms with E-state index in [0.717, 1.165) is 72.0 Å². The predicted octanol–water partition coefficient (Wildman–Crippen LogP) is 9.59. The number of piperidine rings is 3.